The maximum absolute atomic E-state index is 13.8. The highest BCUT2D eigenvalue weighted by atomic mass is 19.1. The number of ether oxygens (including phenoxy) is 1. The number of carbonyl (C=O) groups excluding carboxylic acids is 1. The van der Waals surface area contributed by atoms with Gasteiger partial charge in [0.2, 0.25) is 5.91 Å². The van der Waals surface area contributed by atoms with E-state index in [9.17, 15) is 9.18 Å². The molecule has 2 aliphatic rings. The van der Waals surface area contributed by atoms with Gasteiger partial charge in [-0.2, -0.15) is 0 Å². The van der Waals surface area contributed by atoms with Crippen molar-refractivity contribution in [3.8, 4) is 0 Å². The molecule has 0 saturated carbocycles. The number of morpholine rings is 1. The van der Waals surface area contributed by atoms with Crippen LogP contribution in [0.4, 0.5) is 4.39 Å². The molecule has 0 bridgehead atoms. The topological polar surface area (TPSA) is 41.6 Å². The molecule has 1 aliphatic heterocycles. The third-order valence-corrected chi connectivity index (χ3v) is 6.14. The Balaban J connectivity index is 1.41. The standard InChI is InChI=1S/C24H29FN2O2/c25-21-9-4-8-20(15-21)23(27-11-13-29-14-12-27)17-26-24(28)16-19-7-3-6-18-5-1-2-10-22(18)19/h1-2,4-5,8-10,15,19,23H,3,6-7,11-14,16-17H2,(H,26,28). The van der Waals surface area contributed by atoms with Crippen LogP contribution in [0.25, 0.3) is 0 Å². The van der Waals surface area contributed by atoms with E-state index in [1.165, 1.54) is 17.2 Å². The summed E-state index contributed by atoms with van der Waals surface area (Å²) in [7, 11) is 0. The Morgan fingerprint density at radius 2 is 2.00 bits per heavy atom. The third kappa shape index (κ3) is 5.03. The first-order valence-corrected chi connectivity index (χ1v) is 10.6. The Morgan fingerprint density at radius 3 is 2.83 bits per heavy atom. The number of halogens is 1. The lowest BCUT2D eigenvalue weighted by Gasteiger charge is -2.35. The number of amides is 1. The van der Waals surface area contributed by atoms with Crippen molar-refractivity contribution in [2.45, 2.75) is 37.6 Å². The maximum Gasteiger partial charge on any atom is 0.220 e. The SMILES string of the molecule is O=C(CC1CCCc2ccccc21)NCC(c1cccc(F)c1)N1CCOCC1. The van der Waals surface area contributed by atoms with Crippen molar-refractivity contribution in [1.29, 1.82) is 0 Å². The van der Waals surface area contributed by atoms with Gasteiger partial charge in [0, 0.05) is 26.1 Å². The van der Waals surface area contributed by atoms with Crippen LogP contribution in [0.1, 0.15) is 47.9 Å². The summed E-state index contributed by atoms with van der Waals surface area (Å²) in [6.07, 6.45) is 3.80. The zero-order chi connectivity index (χ0) is 20.1. The van der Waals surface area contributed by atoms with E-state index in [4.69, 9.17) is 4.74 Å². The monoisotopic (exact) mass is 396 g/mol. The maximum atomic E-state index is 13.8. The molecular weight excluding hydrogens is 367 g/mol. The van der Waals surface area contributed by atoms with Crippen LogP contribution in [-0.4, -0.2) is 43.7 Å². The molecule has 2 aromatic carbocycles. The Morgan fingerprint density at radius 1 is 1.17 bits per heavy atom. The number of carbonyl (C=O) groups is 1. The van der Waals surface area contributed by atoms with Gasteiger partial charge in [-0.05, 0) is 54.0 Å². The average molecular weight is 397 g/mol. The molecule has 1 amide bonds. The number of nitrogens with zero attached hydrogens (tertiary/aromatic N) is 1. The normalized spacial score (nSPS) is 20.7. The van der Waals surface area contributed by atoms with E-state index >= 15 is 0 Å². The van der Waals surface area contributed by atoms with E-state index in [1.807, 2.05) is 6.07 Å². The van der Waals surface area contributed by atoms with Crippen LogP contribution < -0.4 is 5.32 Å². The number of nitrogens with one attached hydrogen (secondary N) is 1. The Hall–Kier alpha value is -2.24. The molecule has 2 aromatic rings. The van der Waals surface area contributed by atoms with Crippen molar-refractivity contribution in [3.05, 3.63) is 71.0 Å². The van der Waals surface area contributed by atoms with Crippen LogP contribution in [0.5, 0.6) is 0 Å². The molecule has 4 nitrogen and oxygen atoms in total. The van der Waals surface area contributed by atoms with E-state index < -0.39 is 0 Å². The number of aryl methyl sites for hydroxylation is 1. The fourth-order valence-corrected chi connectivity index (χ4v) is 4.63. The molecule has 2 unspecified atom stereocenters. The highest BCUT2D eigenvalue weighted by Crippen LogP contribution is 2.33. The van der Waals surface area contributed by atoms with Gasteiger partial charge < -0.3 is 10.1 Å². The molecule has 1 fully saturated rings. The summed E-state index contributed by atoms with van der Waals surface area (Å²) < 4.78 is 19.3. The first kappa shape index (κ1) is 20.0. The van der Waals surface area contributed by atoms with Crippen LogP contribution in [0, 0.1) is 5.82 Å². The molecule has 1 heterocycles. The minimum Gasteiger partial charge on any atom is -0.379 e. The molecular formula is C24H29FN2O2. The third-order valence-electron chi connectivity index (χ3n) is 6.14. The number of hydrogen-bond donors (Lipinski definition) is 1. The first-order chi connectivity index (χ1) is 14.2. The van der Waals surface area contributed by atoms with Crippen molar-refractivity contribution < 1.29 is 13.9 Å². The minimum atomic E-state index is -0.245. The Kier molecular flexibility index (Phi) is 6.57. The number of rotatable bonds is 6. The van der Waals surface area contributed by atoms with Crippen LogP contribution in [0.15, 0.2) is 48.5 Å². The fraction of sp³-hybridized carbons (Fsp3) is 0.458. The summed E-state index contributed by atoms with van der Waals surface area (Å²) >= 11 is 0. The van der Waals surface area contributed by atoms with Crippen molar-refractivity contribution >= 4 is 5.91 Å². The predicted octanol–water partition coefficient (Wildman–Crippen LogP) is 3.83. The predicted molar refractivity (Wildman–Crippen MR) is 111 cm³/mol. The Labute approximate surface area is 172 Å². The van der Waals surface area contributed by atoms with Crippen LogP contribution in [-0.2, 0) is 16.0 Å². The van der Waals surface area contributed by atoms with E-state index in [-0.39, 0.29) is 23.7 Å². The van der Waals surface area contributed by atoms with Gasteiger partial charge in [-0.15, -0.1) is 0 Å². The van der Waals surface area contributed by atoms with Crippen molar-refractivity contribution in [3.63, 3.8) is 0 Å². The molecule has 1 saturated heterocycles. The van der Waals surface area contributed by atoms with E-state index in [1.54, 1.807) is 12.1 Å². The zero-order valence-electron chi connectivity index (χ0n) is 16.8. The minimum absolute atomic E-state index is 0.0443. The zero-order valence-corrected chi connectivity index (χ0v) is 16.8. The van der Waals surface area contributed by atoms with Gasteiger partial charge in [0.15, 0.2) is 0 Å². The summed E-state index contributed by atoms with van der Waals surface area (Å²) in [6, 6.07) is 15.1. The summed E-state index contributed by atoms with van der Waals surface area (Å²) in [4.78, 5) is 15.1. The molecule has 2 atom stereocenters. The van der Waals surface area contributed by atoms with Gasteiger partial charge in [0.1, 0.15) is 5.82 Å². The second-order valence-corrected chi connectivity index (χ2v) is 8.02. The van der Waals surface area contributed by atoms with Crippen LogP contribution in [0.2, 0.25) is 0 Å². The molecule has 1 N–H and O–H groups in total. The van der Waals surface area contributed by atoms with Crippen molar-refractivity contribution in [2.75, 3.05) is 32.8 Å². The molecule has 0 aromatic heterocycles. The first-order valence-electron chi connectivity index (χ1n) is 10.6. The molecule has 154 valence electrons. The summed E-state index contributed by atoms with van der Waals surface area (Å²) in [5.74, 6) is 0.114. The van der Waals surface area contributed by atoms with Crippen molar-refractivity contribution in [2.24, 2.45) is 0 Å². The smallest absolute Gasteiger partial charge is 0.220 e. The lowest BCUT2D eigenvalue weighted by atomic mass is 9.81. The molecule has 0 spiro atoms. The van der Waals surface area contributed by atoms with Crippen molar-refractivity contribution in [1.82, 2.24) is 10.2 Å². The van der Waals surface area contributed by atoms with Gasteiger partial charge in [-0.25, -0.2) is 4.39 Å². The Bertz CT molecular complexity index is 835. The molecule has 4 rings (SSSR count). The number of hydrogen-bond acceptors (Lipinski definition) is 3. The number of benzene rings is 2. The molecule has 5 heteroatoms. The second kappa shape index (κ2) is 9.51. The molecule has 0 radical (unpaired) electrons. The van der Waals surface area contributed by atoms with Gasteiger partial charge in [0.25, 0.3) is 0 Å². The van der Waals surface area contributed by atoms with E-state index in [0.29, 0.717) is 26.2 Å². The second-order valence-electron chi connectivity index (χ2n) is 8.02. The van der Waals surface area contributed by atoms with Crippen LogP contribution >= 0.6 is 0 Å². The summed E-state index contributed by atoms with van der Waals surface area (Å²) in [5, 5.41) is 3.13. The van der Waals surface area contributed by atoms with E-state index in [0.717, 1.165) is 37.9 Å². The average Bonchev–Trinajstić information content (AvgIpc) is 2.75. The van der Waals surface area contributed by atoms with E-state index in [2.05, 4.69) is 34.5 Å². The van der Waals surface area contributed by atoms with Crippen LogP contribution in [0.3, 0.4) is 0 Å². The lowest BCUT2D eigenvalue weighted by Crippen LogP contribution is -2.44. The highest BCUT2D eigenvalue weighted by Gasteiger charge is 2.25. The quantitative estimate of drug-likeness (QED) is 0.807. The highest BCUT2D eigenvalue weighted by molar-refractivity contribution is 5.77. The number of fused-ring (bicyclic) bond motifs is 1. The molecule has 29 heavy (non-hydrogen) atoms. The largest absolute Gasteiger partial charge is 0.379 e. The summed E-state index contributed by atoms with van der Waals surface area (Å²) in [5.41, 5.74) is 3.60. The summed E-state index contributed by atoms with van der Waals surface area (Å²) in [6.45, 7) is 3.38. The van der Waals surface area contributed by atoms with Gasteiger partial charge in [-0.3, -0.25) is 9.69 Å². The molecule has 1 aliphatic carbocycles. The lowest BCUT2D eigenvalue weighted by molar-refractivity contribution is -0.121. The van der Waals surface area contributed by atoms with Gasteiger partial charge in [0.05, 0.1) is 19.3 Å². The van der Waals surface area contributed by atoms with Gasteiger partial charge in [-0.1, -0.05) is 36.4 Å². The fourth-order valence-electron chi connectivity index (χ4n) is 4.63. The van der Waals surface area contributed by atoms with Gasteiger partial charge >= 0.3 is 0 Å².